The zero-order valence-electron chi connectivity index (χ0n) is 10.1. The number of benzene rings is 2. The molecule has 1 N–H and O–H groups in total. The minimum atomic E-state index is -0.353. The van der Waals surface area contributed by atoms with Crippen molar-refractivity contribution in [2.24, 2.45) is 0 Å². The van der Waals surface area contributed by atoms with E-state index in [1.165, 1.54) is 16.5 Å². The summed E-state index contributed by atoms with van der Waals surface area (Å²) in [5.74, 6) is 3.41. The first-order valence-corrected chi connectivity index (χ1v) is 8.42. The molecule has 2 aromatic carbocycles. The minimum absolute atomic E-state index is 0.328. The number of thioether (sulfide) groups is 2. The van der Waals surface area contributed by atoms with Gasteiger partial charge in [-0.25, -0.2) is 0 Å². The van der Waals surface area contributed by atoms with E-state index < -0.39 is 0 Å². The van der Waals surface area contributed by atoms with Crippen LogP contribution in [-0.2, 0) is 0 Å². The summed E-state index contributed by atoms with van der Waals surface area (Å²) >= 11 is 3.85. The predicted octanol–water partition coefficient (Wildman–Crippen LogP) is 3.72. The minimum Gasteiger partial charge on any atom is -0.387 e. The fourth-order valence-corrected chi connectivity index (χ4v) is 5.14. The van der Waals surface area contributed by atoms with E-state index in [0.29, 0.717) is 5.25 Å². The van der Waals surface area contributed by atoms with E-state index in [2.05, 4.69) is 24.3 Å². The average Bonchev–Trinajstić information content (AvgIpc) is 2.47. The third-order valence-corrected chi connectivity index (χ3v) is 6.19. The van der Waals surface area contributed by atoms with Gasteiger partial charge in [0, 0.05) is 22.5 Å². The summed E-state index contributed by atoms with van der Waals surface area (Å²) in [5, 5.41) is 13.3. The maximum absolute atomic E-state index is 10.6. The highest BCUT2D eigenvalue weighted by molar-refractivity contribution is 8.06. The van der Waals surface area contributed by atoms with Crippen molar-refractivity contribution in [3.63, 3.8) is 0 Å². The molecule has 0 aromatic heterocycles. The Morgan fingerprint density at radius 2 is 1.89 bits per heavy atom. The van der Waals surface area contributed by atoms with Gasteiger partial charge in [0.25, 0.3) is 0 Å². The molecule has 2 unspecified atom stereocenters. The number of rotatable bonds is 2. The molecule has 1 fully saturated rings. The van der Waals surface area contributed by atoms with Crippen molar-refractivity contribution in [1.29, 1.82) is 0 Å². The molecule has 1 aliphatic rings. The summed E-state index contributed by atoms with van der Waals surface area (Å²) < 4.78 is 0. The monoisotopic (exact) mass is 276 g/mol. The first kappa shape index (κ1) is 12.4. The molecule has 1 aliphatic heterocycles. The number of hydrogen-bond acceptors (Lipinski definition) is 3. The van der Waals surface area contributed by atoms with Crippen LogP contribution in [0.5, 0.6) is 0 Å². The van der Waals surface area contributed by atoms with Crippen LogP contribution in [0.1, 0.15) is 11.7 Å². The molecule has 94 valence electrons. The molecule has 18 heavy (non-hydrogen) atoms. The van der Waals surface area contributed by atoms with Gasteiger partial charge in [-0.05, 0) is 16.3 Å². The summed E-state index contributed by atoms with van der Waals surface area (Å²) in [7, 11) is 0. The number of hydrogen-bond donors (Lipinski definition) is 1. The fourth-order valence-electron chi connectivity index (χ4n) is 2.40. The van der Waals surface area contributed by atoms with Crippen LogP contribution < -0.4 is 0 Å². The molecule has 2 atom stereocenters. The Bertz CT molecular complexity index is 530. The van der Waals surface area contributed by atoms with Crippen molar-refractivity contribution in [2.45, 2.75) is 11.4 Å². The Kier molecular flexibility index (Phi) is 3.83. The third kappa shape index (κ3) is 2.40. The second kappa shape index (κ2) is 5.55. The molecule has 0 radical (unpaired) electrons. The van der Waals surface area contributed by atoms with Gasteiger partial charge in [-0.2, -0.15) is 23.5 Å². The quantitative estimate of drug-likeness (QED) is 0.902. The topological polar surface area (TPSA) is 20.2 Å². The van der Waals surface area contributed by atoms with Gasteiger partial charge in [0.05, 0.1) is 6.10 Å². The molecular formula is C15H16OS2. The second-order valence-corrected chi connectivity index (χ2v) is 6.99. The Morgan fingerprint density at radius 1 is 1.06 bits per heavy atom. The first-order valence-electron chi connectivity index (χ1n) is 6.21. The Balaban J connectivity index is 1.97. The molecule has 1 nitrogen and oxygen atoms in total. The maximum Gasteiger partial charge on any atom is 0.0922 e. The second-order valence-electron chi connectivity index (χ2n) is 4.50. The zero-order valence-corrected chi connectivity index (χ0v) is 11.7. The van der Waals surface area contributed by atoms with Crippen molar-refractivity contribution in [3.05, 3.63) is 48.0 Å². The van der Waals surface area contributed by atoms with Gasteiger partial charge >= 0.3 is 0 Å². The summed E-state index contributed by atoms with van der Waals surface area (Å²) in [5.41, 5.74) is 1.08. The highest BCUT2D eigenvalue weighted by Gasteiger charge is 2.25. The molecule has 3 heteroatoms. The third-order valence-electron chi connectivity index (χ3n) is 3.34. The summed E-state index contributed by atoms with van der Waals surface area (Å²) in [4.78, 5) is 0. The molecule has 0 amide bonds. The highest BCUT2D eigenvalue weighted by atomic mass is 32.2. The number of fused-ring (bicyclic) bond motifs is 1. The lowest BCUT2D eigenvalue weighted by Crippen LogP contribution is -2.22. The lowest BCUT2D eigenvalue weighted by molar-refractivity contribution is 0.182. The van der Waals surface area contributed by atoms with Crippen molar-refractivity contribution in [1.82, 2.24) is 0 Å². The van der Waals surface area contributed by atoms with Gasteiger partial charge in [-0.1, -0.05) is 42.5 Å². The van der Waals surface area contributed by atoms with E-state index in [-0.39, 0.29) is 6.10 Å². The first-order chi connectivity index (χ1) is 8.86. The fraction of sp³-hybridized carbons (Fsp3) is 0.333. The van der Waals surface area contributed by atoms with Gasteiger partial charge in [0.1, 0.15) is 0 Å². The van der Waals surface area contributed by atoms with Crippen molar-refractivity contribution in [2.75, 3.05) is 17.3 Å². The standard InChI is InChI=1S/C15H16OS2/c16-15(14-10-17-8-9-18-14)13-7-3-5-11-4-1-2-6-12(11)13/h1-7,14-16H,8-10H2. The zero-order chi connectivity index (χ0) is 12.4. The van der Waals surface area contributed by atoms with Crippen LogP contribution in [0.25, 0.3) is 10.8 Å². The van der Waals surface area contributed by atoms with Gasteiger partial charge in [-0.15, -0.1) is 0 Å². The average molecular weight is 276 g/mol. The van der Waals surface area contributed by atoms with Crippen LogP contribution >= 0.6 is 23.5 Å². The van der Waals surface area contributed by atoms with E-state index in [9.17, 15) is 5.11 Å². The van der Waals surface area contributed by atoms with Crippen LogP contribution in [0, 0.1) is 0 Å². The van der Waals surface area contributed by atoms with E-state index in [1.807, 2.05) is 41.7 Å². The van der Waals surface area contributed by atoms with Crippen LogP contribution in [-0.4, -0.2) is 27.6 Å². The molecular weight excluding hydrogens is 260 g/mol. The largest absolute Gasteiger partial charge is 0.387 e. The highest BCUT2D eigenvalue weighted by Crippen LogP contribution is 2.35. The van der Waals surface area contributed by atoms with E-state index in [4.69, 9.17) is 0 Å². The molecule has 0 spiro atoms. The molecule has 3 rings (SSSR count). The van der Waals surface area contributed by atoms with Crippen molar-refractivity contribution < 1.29 is 5.11 Å². The predicted molar refractivity (Wildman–Crippen MR) is 82.5 cm³/mol. The molecule has 2 aromatic rings. The molecule has 0 bridgehead atoms. The number of aliphatic hydroxyl groups is 1. The van der Waals surface area contributed by atoms with Crippen molar-refractivity contribution >= 4 is 34.3 Å². The smallest absolute Gasteiger partial charge is 0.0922 e. The molecule has 1 heterocycles. The summed E-state index contributed by atoms with van der Waals surface area (Å²) in [6.07, 6.45) is -0.353. The van der Waals surface area contributed by atoms with Crippen LogP contribution in [0.2, 0.25) is 0 Å². The van der Waals surface area contributed by atoms with Gasteiger partial charge in [0.15, 0.2) is 0 Å². The normalized spacial score (nSPS) is 21.9. The summed E-state index contributed by atoms with van der Waals surface area (Å²) in [6.45, 7) is 0. The van der Waals surface area contributed by atoms with Gasteiger partial charge in [-0.3, -0.25) is 0 Å². The SMILES string of the molecule is OC(c1cccc2ccccc12)C1CSCCS1. The molecule has 0 saturated carbocycles. The Morgan fingerprint density at radius 3 is 2.72 bits per heavy atom. The Hall–Kier alpha value is -0.640. The van der Waals surface area contributed by atoms with Crippen molar-refractivity contribution in [3.8, 4) is 0 Å². The molecule has 0 aliphatic carbocycles. The van der Waals surface area contributed by atoms with Crippen LogP contribution in [0.3, 0.4) is 0 Å². The lowest BCUT2D eigenvalue weighted by atomic mass is 9.99. The maximum atomic E-state index is 10.6. The van der Waals surface area contributed by atoms with Crippen LogP contribution in [0.4, 0.5) is 0 Å². The Labute approximate surface area is 116 Å². The number of aliphatic hydroxyl groups excluding tert-OH is 1. The van der Waals surface area contributed by atoms with Gasteiger partial charge < -0.3 is 5.11 Å². The lowest BCUT2D eigenvalue weighted by Gasteiger charge is -2.26. The molecule has 1 saturated heterocycles. The van der Waals surface area contributed by atoms with E-state index in [1.54, 1.807) is 0 Å². The van der Waals surface area contributed by atoms with Gasteiger partial charge in [0.2, 0.25) is 0 Å². The van der Waals surface area contributed by atoms with Crippen LogP contribution in [0.15, 0.2) is 42.5 Å². The van der Waals surface area contributed by atoms with E-state index >= 15 is 0 Å². The van der Waals surface area contributed by atoms with E-state index in [0.717, 1.165) is 17.1 Å². The summed E-state index contributed by atoms with van der Waals surface area (Å²) in [6, 6.07) is 14.5.